The van der Waals surface area contributed by atoms with E-state index in [4.69, 9.17) is 0 Å². The number of amides is 1. The highest BCUT2D eigenvalue weighted by molar-refractivity contribution is 7.85. The van der Waals surface area contributed by atoms with Gasteiger partial charge in [0, 0.05) is 16.9 Å². The minimum absolute atomic E-state index is 0.0276. The fraction of sp³-hybridized carbons (Fsp3) is 0.905. The lowest BCUT2D eigenvalue weighted by Gasteiger charge is -2.55. The van der Waals surface area contributed by atoms with Crippen molar-refractivity contribution in [3.8, 4) is 0 Å². The Morgan fingerprint density at radius 3 is 2.21 bits per heavy atom. The zero-order valence-corrected chi connectivity index (χ0v) is 17.7. The Morgan fingerprint density at radius 1 is 1.14 bits per heavy atom. The van der Waals surface area contributed by atoms with Gasteiger partial charge < -0.3 is 4.55 Å². The van der Waals surface area contributed by atoms with Gasteiger partial charge in [-0.1, -0.05) is 13.8 Å². The van der Waals surface area contributed by atoms with Gasteiger partial charge in [-0.05, 0) is 86.9 Å². The molecule has 0 aromatic rings. The van der Waals surface area contributed by atoms with Crippen molar-refractivity contribution < 1.29 is 17.8 Å². The molecule has 0 spiro atoms. The number of nitrogens with one attached hydrogen (secondary N) is 1. The summed E-state index contributed by atoms with van der Waals surface area (Å²) in [5.41, 5.74) is 2.31. The van der Waals surface area contributed by atoms with Crippen molar-refractivity contribution in [2.45, 2.75) is 71.6 Å². The minimum Gasteiger partial charge on any atom is -0.748 e. The number of hydrogen-bond acceptors (Lipinski definition) is 5. The molecule has 0 radical (unpaired) electrons. The van der Waals surface area contributed by atoms with Crippen molar-refractivity contribution in [2.75, 3.05) is 5.75 Å². The van der Waals surface area contributed by atoms with Gasteiger partial charge in [0.05, 0.1) is 15.5 Å². The number of carbonyl (C=O) groups is 1. The smallest absolute Gasteiger partial charge is 0.246 e. The van der Waals surface area contributed by atoms with E-state index >= 15 is 0 Å². The molecule has 28 heavy (non-hydrogen) atoms. The van der Waals surface area contributed by atoms with Crippen LogP contribution in [0.15, 0.2) is 5.10 Å². The molecule has 0 aliphatic heterocycles. The molecular weight excluding hydrogens is 376 g/mol. The number of fused-ring (bicyclic) bond motifs is 2. The maximum Gasteiger partial charge on any atom is 0.246 e. The molecule has 6 fully saturated rings. The van der Waals surface area contributed by atoms with Crippen molar-refractivity contribution in [2.24, 2.45) is 45.0 Å². The minimum atomic E-state index is -4.37. The van der Waals surface area contributed by atoms with Gasteiger partial charge in [-0.15, -0.1) is 0 Å². The van der Waals surface area contributed by atoms with E-state index in [1.165, 1.54) is 19.3 Å². The van der Waals surface area contributed by atoms with Crippen LogP contribution in [0.25, 0.3) is 0 Å². The van der Waals surface area contributed by atoms with E-state index in [2.05, 4.69) is 24.4 Å². The summed E-state index contributed by atoms with van der Waals surface area (Å²) in [5.74, 6) is 1.99. The van der Waals surface area contributed by atoms with Gasteiger partial charge in [0.15, 0.2) is 0 Å². The molecule has 7 heteroatoms. The Kier molecular flexibility index (Phi) is 3.95. The summed E-state index contributed by atoms with van der Waals surface area (Å²) in [6.07, 6.45) is 9.04. The van der Waals surface area contributed by atoms with Crippen LogP contribution in [0.5, 0.6) is 0 Å². The molecule has 2 atom stereocenters. The maximum absolute atomic E-state index is 13.2. The van der Waals surface area contributed by atoms with Crippen LogP contribution in [0.4, 0.5) is 0 Å². The maximum atomic E-state index is 13.2. The Bertz CT molecular complexity index is 811. The lowest BCUT2D eigenvalue weighted by molar-refractivity contribution is -0.146. The number of nitrogens with zero attached hydrogens (tertiary/aromatic N) is 1. The molecule has 1 N–H and O–H groups in total. The normalized spacial score (nSPS) is 47.0. The molecule has 0 saturated heterocycles. The van der Waals surface area contributed by atoms with E-state index in [-0.39, 0.29) is 16.7 Å². The van der Waals surface area contributed by atoms with Crippen molar-refractivity contribution in [1.29, 1.82) is 0 Å². The predicted molar refractivity (Wildman–Crippen MR) is 104 cm³/mol. The number of rotatable bonds is 4. The SMILES string of the molecule is CC1(C)[C@H]2CC[C@]1(CS(=O)(=O)[O-])/C(=N\NC(=O)C13CC4CC(CC(C4)C1)C3)C2. The molecule has 0 heterocycles. The third kappa shape index (κ3) is 2.64. The molecule has 6 bridgehead atoms. The Morgan fingerprint density at radius 2 is 1.71 bits per heavy atom. The second-order valence-corrected chi connectivity index (χ2v) is 12.5. The Labute approximate surface area is 167 Å². The summed E-state index contributed by atoms with van der Waals surface area (Å²) in [6, 6.07) is 0. The van der Waals surface area contributed by atoms with Gasteiger partial charge in [0.25, 0.3) is 0 Å². The molecule has 1 amide bonds. The van der Waals surface area contributed by atoms with Gasteiger partial charge in [0.2, 0.25) is 5.91 Å². The third-order valence-corrected chi connectivity index (χ3v) is 10.2. The second-order valence-electron chi connectivity index (χ2n) is 11.1. The highest BCUT2D eigenvalue weighted by atomic mass is 32.2. The first-order valence-electron chi connectivity index (χ1n) is 10.8. The van der Waals surface area contributed by atoms with Crippen molar-refractivity contribution in [1.82, 2.24) is 5.43 Å². The summed E-state index contributed by atoms with van der Waals surface area (Å²) in [6.45, 7) is 4.11. The van der Waals surface area contributed by atoms with Gasteiger partial charge in [-0.2, -0.15) is 5.10 Å². The molecular formula is C21H31N2O4S-. The molecule has 6 nitrogen and oxygen atoms in total. The highest BCUT2D eigenvalue weighted by Crippen LogP contribution is 2.65. The van der Waals surface area contributed by atoms with Crippen molar-refractivity contribution in [3.63, 3.8) is 0 Å². The van der Waals surface area contributed by atoms with Gasteiger partial charge in [-0.3, -0.25) is 4.79 Å². The summed E-state index contributed by atoms with van der Waals surface area (Å²) in [5, 5.41) is 4.53. The fourth-order valence-electron chi connectivity index (χ4n) is 8.22. The van der Waals surface area contributed by atoms with E-state index < -0.39 is 21.3 Å². The average molecular weight is 408 g/mol. The van der Waals surface area contributed by atoms with Gasteiger partial charge in [-0.25, -0.2) is 13.8 Å². The predicted octanol–water partition coefficient (Wildman–Crippen LogP) is 3.05. The lowest BCUT2D eigenvalue weighted by Crippen LogP contribution is -2.53. The molecule has 6 aliphatic rings. The van der Waals surface area contributed by atoms with Gasteiger partial charge in [0.1, 0.15) is 0 Å². The zero-order valence-electron chi connectivity index (χ0n) is 16.9. The third-order valence-electron chi connectivity index (χ3n) is 9.40. The second kappa shape index (κ2) is 5.81. The van der Waals surface area contributed by atoms with Crippen LogP contribution >= 0.6 is 0 Å². The Hall–Kier alpha value is -0.950. The molecule has 6 saturated carbocycles. The molecule has 6 aliphatic carbocycles. The van der Waals surface area contributed by atoms with Crippen molar-refractivity contribution in [3.05, 3.63) is 0 Å². The van der Waals surface area contributed by atoms with Crippen LogP contribution in [0, 0.1) is 39.9 Å². The van der Waals surface area contributed by atoms with Crippen LogP contribution in [-0.4, -0.2) is 30.3 Å². The summed E-state index contributed by atoms with van der Waals surface area (Å²) in [4.78, 5) is 13.2. The quantitative estimate of drug-likeness (QED) is 0.572. The highest BCUT2D eigenvalue weighted by Gasteiger charge is 2.63. The zero-order chi connectivity index (χ0) is 19.9. The van der Waals surface area contributed by atoms with Crippen LogP contribution in [0.2, 0.25) is 0 Å². The largest absolute Gasteiger partial charge is 0.748 e. The summed E-state index contributed by atoms with van der Waals surface area (Å²) in [7, 11) is -4.37. The van der Waals surface area contributed by atoms with E-state index in [0.717, 1.165) is 31.4 Å². The molecule has 0 aromatic carbocycles. The Balaban J connectivity index is 1.40. The molecule has 6 rings (SSSR count). The van der Waals surface area contributed by atoms with E-state index in [0.29, 0.717) is 36.5 Å². The van der Waals surface area contributed by atoms with Crippen LogP contribution in [-0.2, 0) is 14.9 Å². The van der Waals surface area contributed by atoms with E-state index in [1.807, 2.05) is 0 Å². The first kappa shape index (κ1) is 19.0. The number of carbonyl (C=O) groups excluding carboxylic acids is 1. The number of hydrazone groups is 1. The topological polar surface area (TPSA) is 98.7 Å². The molecule has 156 valence electrons. The molecule has 0 aromatic heterocycles. The number of hydrogen-bond donors (Lipinski definition) is 1. The fourth-order valence-corrected chi connectivity index (χ4v) is 9.50. The van der Waals surface area contributed by atoms with Crippen LogP contribution in [0.3, 0.4) is 0 Å². The summed E-state index contributed by atoms with van der Waals surface area (Å²) >= 11 is 0. The van der Waals surface area contributed by atoms with E-state index in [9.17, 15) is 17.8 Å². The first-order chi connectivity index (χ1) is 13.0. The van der Waals surface area contributed by atoms with Gasteiger partial charge >= 0.3 is 0 Å². The first-order valence-corrected chi connectivity index (χ1v) is 12.4. The summed E-state index contributed by atoms with van der Waals surface area (Å²) < 4.78 is 35.0. The van der Waals surface area contributed by atoms with Crippen LogP contribution in [0.1, 0.15) is 71.6 Å². The average Bonchev–Trinajstić information content (AvgIpc) is 2.91. The standard InChI is InChI=1S/C21H32N2O4S/c1-19(2)16-3-4-21(19,12-28(25,26)27)17(8-16)22-23-18(24)20-9-13-5-14(10-20)7-15(6-13)11-20/h13-16H,3-12H2,1-2H3,(H,23,24)(H,25,26,27)/p-1/b22-17-/t13?,14?,15?,16-,20?,21-/m0/s1. The lowest BCUT2D eigenvalue weighted by atomic mass is 9.49. The van der Waals surface area contributed by atoms with Crippen LogP contribution < -0.4 is 5.43 Å². The monoisotopic (exact) mass is 407 g/mol. The van der Waals surface area contributed by atoms with Crippen molar-refractivity contribution >= 4 is 21.7 Å². The molecule has 0 unspecified atom stereocenters. The van der Waals surface area contributed by atoms with E-state index in [1.54, 1.807) is 0 Å².